The maximum Gasteiger partial charge on any atom is 0.0713 e. The van der Waals surface area contributed by atoms with Gasteiger partial charge in [0.2, 0.25) is 0 Å². The predicted molar refractivity (Wildman–Crippen MR) is 72.5 cm³/mol. The van der Waals surface area contributed by atoms with Crippen LogP contribution in [0.2, 0.25) is 0 Å². The van der Waals surface area contributed by atoms with Crippen molar-refractivity contribution in [3.05, 3.63) is 35.4 Å². The van der Waals surface area contributed by atoms with Gasteiger partial charge in [0.05, 0.1) is 6.61 Å². The molecule has 3 nitrogen and oxygen atoms in total. The zero-order chi connectivity index (χ0) is 11.4. The molecule has 96 valence electrons. The molecule has 0 spiro atoms. The molecule has 1 aromatic carbocycles. The number of halogens is 1. The Labute approximate surface area is 110 Å². The lowest BCUT2D eigenvalue weighted by Crippen LogP contribution is -2.55. The lowest BCUT2D eigenvalue weighted by atomic mass is 10.1. The molecule has 1 heterocycles. The van der Waals surface area contributed by atoms with Gasteiger partial charge in [-0.25, -0.2) is 0 Å². The van der Waals surface area contributed by atoms with Crippen LogP contribution < -0.4 is 5.32 Å². The number of nitrogens with one attached hydrogen (secondary N) is 1. The second-order valence-corrected chi connectivity index (χ2v) is 4.48. The number of likely N-dealkylation sites (N-methyl/N-ethyl adjacent to an activating group) is 1. The molecule has 1 aromatic rings. The van der Waals surface area contributed by atoms with Crippen molar-refractivity contribution in [2.75, 3.05) is 27.2 Å². The summed E-state index contributed by atoms with van der Waals surface area (Å²) in [6.45, 7) is 3.95. The summed E-state index contributed by atoms with van der Waals surface area (Å²) in [4.78, 5) is 2.41. The minimum atomic E-state index is 0. The first-order valence-corrected chi connectivity index (χ1v) is 5.77. The Morgan fingerprint density at radius 1 is 1.35 bits per heavy atom. The summed E-state index contributed by atoms with van der Waals surface area (Å²) >= 11 is 0. The molecule has 1 N–H and O–H groups in total. The molecule has 1 fully saturated rings. The van der Waals surface area contributed by atoms with Gasteiger partial charge < -0.3 is 10.1 Å². The van der Waals surface area contributed by atoms with E-state index in [0.29, 0.717) is 12.6 Å². The molecular weight excluding hydrogens is 236 g/mol. The van der Waals surface area contributed by atoms with Crippen LogP contribution in [0.1, 0.15) is 11.1 Å². The van der Waals surface area contributed by atoms with E-state index >= 15 is 0 Å². The van der Waals surface area contributed by atoms with Gasteiger partial charge in [-0.1, -0.05) is 24.3 Å². The maximum atomic E-state index is 5.14. The zero-order valence-corrected chi connectivity index (χ0v) is 11.3. The van der Waals surface area contributed by atoms with Gasteiger partial charge in [-0.3, -0.25) is 4.90 Å². The molecule has 17 heavy (non-hydrogen) atoms. The van der Waals surface area contributed by atoms with Crippen LogP contribution in [0.3, 0.4) is 0 Å². The number of rotatable bonds is 5. The number of methoxy groups -OCH3 is 1. The molecule has 1 saturated heterocycles. The molecular formula is C13H21ClN2O. The van der Waals surface area contributed by atoms with Crippen LogP contribution >= 0.6 is 12.4 Å². The lowest BCUT2D eigenvalue weighted by Gasteiger charge is -2.35. The average Bonchev–Trinajstić information content (AvgIpc) is 2.15. The van der Waals surface area contributed by atoms with Gasteiger partial charge in [0.15, 0.2) is 0 Å². The van der Waals surface area contributed by atoms with E-state index in [1.807, 2.05) is 0 Å². The molecule has 2 rings (SSSR count). The molecule has 0 radical (unpaired) electrons. The van der Waals surface area contributed by atoms with Crippen molar-refractivity contribution in [2.24, 2.45) is 0 Å². The number of hydrogen-bond acceptors (Lipinski definition) is 3. The molecule has 0 atom stereocenters. The van der Waals surface area contributed by atoms with Crippen LogP contribution in [0, 0.1) is 0 Å². The van der Waals surface area contributed by atoms with E-state index < -0.39 is 0 Å². The first kappa shape index (κ1) is 14.5. The van der Waals surface area contributed by atoms with Crippen molar-refractivity contribution >= 4 is 12.4 Å². The highest BCUT2D eigenvalue weighted by Gasteiger charge is 2.21. The Balaban J connectivity index is 0.00000144. The van der Waals surface area contributed by atoms with E-state index in [1.165, 1.54) is 11.1 Å². The Hall–Kier alpha value is -0.610. The molecule has 0 bridgehead atoms. The minimum absolute atomic E-state index is 0. The van der Waals surface area contributed by atoms with E-state index in [0.717, 1.165) is 19.6 Å². The van der Waals surface area contributed by atoms with E-state index in [-0.39, 0.29) is 12.4 Å². The van der Waals surface area contributed by atoms with Crippen molar-refractivity contribution in [1.29, 1.82) is 0 Å². The van der Waals surface area contributed by atoms with Crippen LogP contribution in [0.4, 0.5) is 0 Å². The van der Waals surface area contributed by atoms with Crippen molar-refractivity contribution in [2.45, 2.75) is 19.2 Å². The van der Waals surface area contributed by atoms with Crippen LogP contribution in [-0.4, -0.2) is 38.2 Å². The van der Waals surface area contributed by atoms with Crippen molar-refractivity contribution in [1.82, 2.24) is 10.2 Å². The van der Waals surface area contributed by atoms with Crippen LogP contribution in [0.5, 0.6) is 0 Å². The fourth-order valence-electron chi connectivity index (χ4n) is 1.99. The van der Waals surface area contributed by atoms with E-state index in [2.05, 4.69) is 41.5 Å². The molecule has 0 amide bonds. The Morgan fingerprint density at radius 3 is 2.65 bits per heavy atom. The second kappa shape index (κ2) is 6.97. The summed E-state index contributed by atoms with van der Waals surface area (Å²) in [5.41, 5.74) is 2.61. The normalized spacial score (nSPS) is 15.5. The van der Waals surface area contributed by atoms with Crippen molar-refractivity contribution in [3.8, 4) is 0 Å². The van der Waals surface area contributed by atoms with Gasteiger partial charge >= 0.3 is 0 Å². The first-order valence-electron chi connectivity index (χ1n) is 5.77. The third-order valence-corrected chi connectivity index (χ3v) is 3.12. The topological polar surface area (TPSA) is 24.5 Å². The Bertz CT molecular complexity index is 342. The summed E-state index contributed by atoms with van der Waals surface area (Å²) in [5.74, 6) is 0. The first-order chi connectivity index (χ1) is 7.79. The van der Waals surface area contributed by atoms with E-state index in [1.54, 1.807) is 7.11 Å². The molecule has 1 aliphatic heterocycles. The number of nitrogens with zero attached hydrogens (tertiary/aromatic N) is 1. The molecule has 0 saturated carbocycles. The average molecular weight is 257 g/mol. The molecule has 0 aliphatic carbocycles. The highest BCUT2D eigenvalue weighted by molar-refractivity contribution is 5.85. The van der Waals surface area contributed by atoms with Crippen molar-refractivity contribution < 1.29 is 4.74 Å². The van der Waals surface area contributed by atoms with E-state index in [4.69, 9.17) is 4.74 Å². The summed E-state index contributed by atoms with van der Waals surface area (Å²) in [6.07, 6.45) is 0. The third-order valence-electron chi connectivity index (χ3n) is 3.12. The van der Waals surface area contributed by atoms with Gasteiger partial charge in [0, 0.05) is 32.8 Å². The SMILES string of the molecule is COCc1cccc(CN(C)C2CNC2)c1.Cl. The standard InChI is InChI=1S/C13H20N2O.ClH/c1-15(13-7-14-8-13)9-11-4-3-5-12(6-11)10-16-2;/h3-6,13-14H,7-10H2,1-2H3;1H. The lowest BCUT2D eigenvalue weighted by molar-refractivity contribution is 0.172. The summed E-state index contributed by atoms with van der Waals surface area (Å²) in [6, 6.07) is 9.33. The van der Waals surface area contributed by atoms with Gasteiger partial charge in [-0.05, 0) is 18.2 Å². The number of benzene rings is 1. The van der Waals surface area contributed by atoms with Crippen LogP contribution in [0.15, 0.2) is 24.3 Å². The molecule has 0 aromatic heterocycles. The molecule has 0 unspecified atom stereocenters. The minimum Gasteiger partial charge on any atom is -0.380 e. The number of ether oxygens (including phenoxy) is 1. The maximum absolute atomic E-state index is 5.14. The summed E-state index contributed by atoms with van der Waals surface area (Å²) < 4.78 is 5.14. The fraction of sp³-hybridized carbons (Fsp3) is 0.538. The Kier molecular flexibility index (Phi) is 5.92. The zero-order valence-electron chi connectivity index (χ0n) is 10.5. The summed E-state index contributed by atoms with van der Waals surface area (Å²) in [7, 11) is 3.92. The summed E-state index contributed by atoms with van der Waals surface area (Å²) in [5, 5.41) is 3.30. The Morgan fingerprint density at radius 2 is 2.06 bits per heavy atom. The second-order valence-electron chi connectivity index (χ2n) is 4.48. The molecule has 1 aliphatic rings. The largest absolute Gasteiger partial charge is 0.380 e. The van der Waals surface area contributed by atoms with Gasteiger partial charge in [0.25, 0.3) is 0 Å². The molecule has 4 heteroatoms. The monoisotopic (exact) mass is 256 g/mol. The van der Waals surface area contributed by atoms with Crippen LogP contribution in [-0.2, 0) is 17.9 Å². The predicted octanol–water partition coefficient (Wildman–Crippen LogP) is 1.66. The highest BCUT2D eigenvalue weighted by Crippen LogP contribution is 2.11. The smallest absolute Gasteiger partial charge is 0.0713 e. The third kappa shape index (κ3) is 3.96. The highest BCUT2D eigenvalue weighted by atomic mass is 35.5. The van der Waals surface area contributed by atoms with Gasteiger partial charge in [-0.2, -0.15) is 0 Å². The van der Waals surface area contributed by atoms with Gasteiger partial charge in [-0.15, -0.1) is 12.4 Å². The van der Waals surface area contributed by atoms with E-state index in [9.17, 15) is 0 Å². The quantitative estimate of drug-likeness (QED) is 0.867. The van der Waals surface area contributed by atoms with Crippen molar-refractivity contribution in [3.63, 3.8) is 0 Å². The van der Waals surface area contributed by atoms with Gasteiger partial charge in [0.1, 0.15) is 0 Å². The number of hydrogen-bond donors (Lipinski definition) is 1. The fourth-order valence-corrected chi connectivity index (χ4v) is 1.99. The van der Waals surface area contributed by atoms with Crippen LogP contribution in [0.25, 0.3) is 0 Å².